The lowest BCUT2D eigenvalue weighted by molar-refractivity contribution is 0.00160. The number of alkyl halides is 5. The minimum Gasteiger partial charge on any atom is -0.379 e. The van der Waals surface area contributed by atoms with E-state index in [-0.39, 0.29) is 57.9 Å². The predicted octanol–water partition coefficient (Wildman–Crippen LogP) is 19.2. The molecule has 0 aromatic carbocycles. The molecule has 2 saturated carbocycles. The van der Waals surface area contributed by atoms with Crippen LogP contribution in [0.15, 0.2) is 0 Å². The number of fused-ring (bicyclic) bond motifs is 2. The van der Waals surface area contributed by atoms with Crippen LogP contribution in [0.25, 0.3) is 0 Å². The van der Waals surface area contributed by atoms with Gasteiger partial charge in [-0.25, -0.2) is 22.0 Å². The largest absolute Gasteiger partial charge is 0.379 e. The summed E-state index contributed by atoms with van der Waals surface area (Å²) in [7, 11) is 4.02. The maximum atomic E-state index is 14.3. The average molecular weight is 1840 g/mol. The minimum atomic E-state index is -0.751. The van der Waals surface area contributed by atoms with Crippen molar-refractivity contribution >= 4 is 0 Å². The van der Waals surface area contributed by atoms with Crippen LogP contribution in [0.3, 0.4) is 0 Å². The molecule has 0 aromatic rings. The van der Waals surface area contributed by atoms with Gasteiger partial charge in [-0.1, -0.05) is 104 Å². The van der Waals surface area contributed by atoms with Gasteiger partial charge in [0.1, 0.15) is 30.9 Å². The molecule has 11 aliphatic heterocycles. The molecule has 13 rings (SSSR count). The Bertz CT molecular complexity index is 2670. The number of piperidine rings is 2. The molecule has 7 N–H and O–H groups in total. The zero-order chi connectivity index (χ0) is 99.7. The van der Waals surface area contributed by atoms with Crippen molar-refractivity contribution in [3.63, 3.8) is 0 Å². The minimum absolute atomic E-state index is 0.0181. The highest BCUT2D eigenvalue weighted by molar-refractivity contribution is 5.21. The normalized spacial score (nSPS) is 34.5. The third kappa shape index (κ3) is 37.3. The van der Waals surface area contributed by atoms with Crippen molar-refractivity contribution in [3.05, 3.63) is 0 Å². The third-order valence-corrected chi connectivity index (χ3v) is 28.3. The molecule has 13 fully saturated rings. The number of hydrogen-bond donors (Lipinski definition) is 5. The van der Waals surface area contributed by atoms with Gasteiger partial charge in [0.2, 0.25) is 0 Å². The number of likely N-dealkylation sites (tertiary alicyclic amines) is 7. The van der Waals surface area contributed by atoms with E-state index in [1.165, 1.54) is 52.0 Å². The fourth-order valence-corrected chi connectivity index (χ4v) is 24.3. The summed E-state index contributed by atoms with van der Waals surface area (Å²) in [6, 6.07) is 4.93. The van der Waals surface area contributed by atoms with E-state index >= 15 is 0 Å². The van der Waals surface area contributed by atoms with Crippen molar-refractivity contribution in [1.82, 2.24) is 74.7 Å². The molecule has 23 heteroatoms. The highest BCUT2D eigenvalue weighted by atomic mass is 19.2. The van der Waals surface area contributed by atoms with Gasteiger partial charge in [-0.15, -0.1) is 0 Å². The van der Waals surface area contributed by atoms with E-state index in [1.54, 1.807) is 0 Å². The number of morpholine rings is 1. The summed E-state index contributed by atoms with van der Waals surface area (Å²) >= 11 is 0. The molecule has 11 heterocycles. The molecule has 11 saturated heterocycles. The maximum absolute atomic E-state index is 14.3. The monoisotopic (exact) mass is 1830 g/mol. The lowest BCUT2D eigenvalue weighted by Gasteiger charge is -2.42. The fourth-order valence-electron chi connectivity index (χ4n) is 24.3. The van der Waals surface area contributed by atoms with Crippen molar-refractivity contribution in [3.8, 4) is 0 Å². The third-order valence-electron chi connectivity index (χ3n) is 28.3. The summed E-state index contributed by atoms with van der Waals surface area (Å²) in [4.78, 5) is 29.1. The van der Waals surface area contributed by atoms with E-state index < -0.39 is 30.9 Å². The van der Waals surface area contributed by atoms with Crippen molar-refractivity contribution in [1.29, 1.82) is 0 Å². The van der Waals surface area contributed by atoms with Crippen LogP contribution in [0, 0.1) is 16.7 Å². The van der Waals surface area contributed by atoms with Gasteiger partial charge in [0.15, 0.2) is 0 Å². The smallest absolute Gasteiger partial charge is 0.118 e. The second kappa shape index (κ2) is 58.1. The molecule has 5 unspecified atom stereocenters. The number of nitrogens with one attached hydrogen (secondary N) is 3. The van der Waals surface area contributed by atoms with Crippen molar-refractivity contribution in [2.45, 2.75) is 503 Å². The van der Waals surface area contributed by atoms with E-state index in [4.69, 9.17) is 16.2 Å². The molecule has 128 heavy (non-hydrogen) atoms. The summed E-state index contributed by atoms with van der Waals surface area (Å²) < 4.78 is 75.6. The number of halogens is 5. The molecule has 770 valence electrons. The van der Waals surface area contributed by atoms with Crippen LogP contribution in [0.4, 0.5) is 22.0 Å². The first-order valence-corrected chi connectivity index (χ1v) is 52.9. The predicted molar refractivity (Wildman–Crippen MR) is 551 cm³/mol. The number of piperazine rings is 3. The first-order valence-electron chi connectivity index (χ1n) is 52.9. The Morgan fingerprint density at radius 3 is 0.828 bits per heavy atom. The fraction of sp³-hybridized carbons (Fsp3) is 1.00. The van der Waals surface area contributed by atoms with E-state index in [1.807, 2.05) is 111 Å². The van der Waals surface area contributed by atoms with Crippen LogP contribution >= 0.6 is 0 Å². The van der Waals surface area contributed by atoms with Gasteiger partial charge in [-0.05, 0) is 277 Å². The van der Waals surface area contributed by atoms with E-state index in [0.717, 1.165) is 141 Å². The van der Waals surface area contributed by atoms with E-state index in [2.05, 4.69) is 276 Å². The lowest BCUT2D eigenvalue weighted by atomic mass is 9.86. The quantitative estimate of drug-likeness (QED) is 0.118. The van der Waals surface area contributed by atoms with Crippen LogP contribution in [0.2, 0.25) is 0 Å². The Morgan fingerprint density at radius 1 is 0.328 bits per heavy atom. The number of rotatable bonds is 12. The molecule has 2 aliphatic carbocycles. The molecule has 0 amide bonds. The van der Waals surface area contributed by atoms with Gasteiger partial charge in [0.05, 0.1) is 43.4 Å². The molecule has 0 spiro atoms. The van der Waals surface area contributed by atoms with Crippen LogP contribution in [0.1, 0.15) is 349 Å². The molecule has 0 bridgehead atoms. The summed E-state index contributed by atoms with van der Waals surface area (Å²) in [6.45, 7) is 115. The Hall–Kier alpha value is -1.07. The first kappa shape index (κ1) is 127. The number of ether oxygens (including phenoxy) is 1. The van der Waals surface area contributed by atoms with Crippen molar-refractivity contribution < 1.29 is 26.7 Å². The second-order valence-electron chi connectivity index (χ2n) is 45.4. The Morgan fingerprint density at radius 2 is 0.586 bits per heavy atom. The van der Waals surface area contributed by atoms with Gasteiger partial charge >= 0.3 is 0 Å². The summed E-state index contributed by atoms with van der Waals surface area (Å²) in [5.41, 5.74) is 13.4. The lowest BCUT2D eigenvalue weighted by Crippen LogP contribution is -2.55. The molecule has 0 radical (unpaired) electrons. The van der Waals surface area contributed by atoms with Crippen molar-refractivity contribution in [2.75, 3.05) is 165 Å². The molecule has 22 atom stereocenters. The van der Waals surface area contributed by atoms with Gasteiger partial charge in [-0.2, -0.15) is 0 Å². The van der Waals surface area contributed by atoms with Crippen molar-refractivity contribution in [2.24, 2.45) is 28.2 Å². The molecule has 0 aromatic heterocycles. The highest BCUT2D eigenvalue weighted by Gasteiger charge is 2.68. The average Bonchev–Trinajstić information content (AvgIpc) is 1.53. The molecule has 18 nitrogen and oxygen atoms in total. The van der Waals surface area contributed by atoms with Crippen LogP contribution in [-0.2, 0) is 4.74 Å². The second-order valence-corrected chi connectivity index (χ2v) is 45.4. The topological polar surface area (TPSA) is 136 Å². The molecule has 13 aliphatic rings. The SMILES string of the molecule is CC.CC.CC.CC.CC.CC.CC.C[C@@H]1C(CN2CCNCC2)[C@@]2(C)C[C@H]2N1C(C)(C)C.C[C@@H]1CC2(CN)CC2N1C(C)(C)C.C[C@@H]1C[C@@H](F)C(CN(C)C)N1C(C)(C)C.C[C@@H]1C[C@@H](F)C(CN)N1C(C)(C)C.C[C@@H]1C[C@@H](F)[C@@H](CN2CCNCC2)N1C(C)(C)C.C[C@@H]1C[C@@H](F)[C@@H](CN2CCOCC2)N1C(C)(C)C.C[C@@H]1C[C@@H](F)[C@H](CN2CCNCC2)N1C(C)(C)C. The Balaban J connectivity index is 0.00000144. The van der Waals surface area contributed by atoms with Gasteiger partial charge in [0.25, 0.3) is 0 Å². The van der Waals surface area contributed by atoms with Gasteiger partial charge in [-0.3, -0.25) is 49.0 Å². The molecular formula is C105H224F5N17O. The van der Waals surface area contributed by atoms with Crippen LogP contribution in [-0.4, -0.2) is 378 Å². The summed E-state index contributed by atoms with van der Waals surface area (Å²) in [6.07, 6.45) is 3.96. The zero-order valence-electron chi connectivity index (χ0n) is 93.3. The highest BCUT2D eigenvalue weighted by Crippen LogP contribution is 2.64. The van der Waals surface area contributed by atoms with Gasteiger partial charge in [0, 0.05) is 229 Å². The summed E-state index contributed by atoms with van der Waals surface area (Å²) in [5.74, 6) is 0.856. The number of nitrogens with zero attached hydrogens (tertiary/aromatic N) is 12. The van der Waals surface area contributed by atoms with E-state index in [9.17, 15) is 22.0 Å². The van der Waals surface area contributed by atoms with Crippen LogP contribution < -0.4 is 27.4 Å². The zero-order valence-corrected chi connectivity index (χ0v) is 93.3. The number of hydrogen-bond acceptors (Lipinski definition) is 18. The Kier molecular flexibility index (Phi) is 57.6. The first-order chi connectivity index (χ1) is 59.5. The molecular weight excluding hydrogens is 1610 g/mol. The number of nitrogens with two attached hydrogens (primary N) is 2. The van der Waals surface area contributed by atoms with Crippen LogP contribution in [0.5, 0.6) is 0 Å². The standard InChI is InChI=1S/C16H31N3.2C14H28FN3.C14H27FN2O.C12H25FN2.C11H22N2.C10H21FN2.7C2H6/c1-12-13(11-18-8-6-17-7-9-18)16(5)10-14(16)19(12)15(2,3)4;2*1-11-9-12(15)13(18(11)14(2,3)4)10-17-7-5-16-6-8-17;1-11-9-12(15)13(17(11)14(2,3)4)10-16-5-7-18-8-6-16;1-9-7-10(13)11(8-14(5)6)15(9)12(2,3)4;1-8-5-11(7-12)6-9(11)13(8)10(2,3)4;1-7-5-8(11)9(6-12)13(7)10(2,3)4;7*1-2/h12-14,17H,6-11H2,1-5H3;2*11-13,16H,5-10H2,1-4H3;11-13H,5-10H2,1-4H3;9-11H,7-8H2,1-6H3;8-9H,5-7,12H2,1-4H3;7-9H,5-6,12H2,1-4H3;7*1-2H3/t12-,13?,14-,16-;11-,12-,13+;2*11-,12-,13-;9-,10-,11?;8-,9?,11?;7-,8-,9?;;;;;;;/m1111111......./s1. The summed E-state index contributed by atoms with van der Waals surface area (Å²) in [5, 5.41) is 10.2. The maximum Gasteiger partial charge on any atom is 0.118 e. The van der Waals surface area contributed by atoms with Gasteiger partial charge < -0.3 is 42.0 Å². The Labute approximate surface area is 793 Å². The van der Waals surface area contributed by atoms with E-state index in [0.29, 0.717) is 90.8 Å². The number of likely N-dealkylation sites (N-methyl/N-ethyl adjacent to an activating group) is 1.